The Morgan fingerprint density at radius 1 is 1.35 bits per heavy atom. The summed E-state index contributed by atoms with van der Waals surface area (Å²) < 4.78 is 0. The molecule has 1 saturated heterocycles. The highest BCUT2D eigenvalue weighted by atomic mass is 16.2. The van der Waals surface area contributed by atoms with Gasteiger partial charge < -0.3 is 10.2 Å². The maximum atomic E-state index is 12.4. The Morgan fingerprint density at radius 3 is 2.74 bits per heavy atom. The maximum absolute atomic E-state index is 12.4. The van der Waals surface area contributed by atoms with E-state index in [4.69, 9.17) is 0 Å². The van der Waals surface area contributed by atoms with Crippen molar-refractivity contribution in [3.8, 4) is 0 Å². The monoisotopic (exact) mass is 316 g/mol. The number of hydrogen-bond acceptors (Lipinski definition) is 4. The van der Waals surface area contributed by atoms with Gasteiger partial charge in [0.1, 0.15) is 5.82 Å². The van der Waals surface area contributed by atoms with Crippen molar-refractivity contribution in [2.45, 2.75) is 32.6 Å². The average molecular weight is 316 g/mol. The number of carbonyl (C=O) groups excluding carboxylic acids is 1. The zero-order chi connectivity index (χ0) is 16.4. The highest BCUT2D eigenvalue weighted by Gasteiger charge is 2.26. The van der Waals surface area contributed by atoms with Gasteiger partial charge >= 0.3 is 11.7 Å². The Bertz CT molecular complexity index is 757. The molecular weight excluding hydrogens is 296 g/mol. The maximum Gasteiger partial charge on any atom is 0.340 e. The number of piperidine rings is 1. The van der Waals surface area contributed by atoms with Gasteiger partial charge in [-0.1, -0.05) is 0 Å². The molecule has 2 aromatic rings. The highest BCUT2D eigenvalue weighted by Crippen LogP contribution is 2.25. The van der Waals surface area contributed by atoms with Crippen molar-refractivity contribution in [3.63, 3.8) is 0 Å². The lowest BCUT2D eigenvalue weighted by Crippen LogP contribution is -2.40. The molecule has 3 N–H and O–H groups in total. The predicted molar refractivity (Wildman–Crippen MR) is 85.5 cm³/mol. The molecule has 0 radical (unpaired) electrons. The Hall–Kier alpha value is -2.64. The van der Waals surface area contributed by atoms with Crippen LogP contribution in [0.1, 0.15) is 35.8 Å². The number of urea groups is 1. The van der Waals surface area contributed by atoms with Crippen LogP contribution in [0.15, 0.2) is 17.1 Å². The zero-order valence-corrected chi connectivity index (χ0v) is 13.2. The first-order chi connectivity index (χ1) is 11.0. The molecule has 0 aliphatic carbocycles. The number of nitrogens with one attached hydrogen (secondary N) is 3. The van der Waals surface area contributed by atoms with Crippen molar-refractivity contribution in [1.29, 1.82) is 0 Å². The first-order valence-electron chi connectivity index (χ1n) is 7.66. The Morgan fingerprint density at radius 2 is 2.09 bits per heavy atom. The summed E-state index contributed by atoms with van der Waals surface area (Å²) in [5.74, 6) is 0.860. The van der Waals surface area contributed by atoms with Crippen molar-refractivity contribution in [2.24, 2.45) is 0 Å². The van der Waals surface area contributed by atoms with E-state index >= 15 is 0 Å². The minimum atomic E-state index is -0.288. The molecule has 1 aliphatic heterocycles. The minimum absolute atomic E-state index is 0.104. The minimum Gasteiger partial charge on any atom is -0.324 e. The van der Waals surface area contributed by atoms with E-state index in [0.29, 0.717) is 18.9 Å². The molecule has 23 heavy (non-hydrogen) atoms. The molecule has 0 atom stereocenters. The number of nitrogens with zero attached hydrogens (tertiary/aromatic N) is 3. The zero-order valence-electron chi connectivity index (χ0n) is 13.2. The Kier molecular flexibility index (Phi) is 4.14. The molecule has 0 bridgehead atoms. The van der Waals surface area contributed by atoms with Crippen LogP contribution in [0.4, 0.5) is 10.5 Å². The average Bonchev–Trinajstić information content (AvgIpc) is 2.97. The van der Waals surface area contributed by atoms with Crippen LogP contribution < -0.4 is 11.0 Å². The molecule has 0 saturated carbocycles. The van der Waals surface area contributed by atoms with E-state index < -0.39 is 0 Å². The molecule has 0 aromatic carbocycles. The molecule has 0 unspecified atom stereocenters. The second-order valence-electron chi connectivity index (χ2n) is 5.90. The van der Waals surface area contributed by atoms with Crippen LogP contribution in [0.3, 0.4) is 0 Å². The molecule has 1 fully saturated rings. The highest BCUT2D eigenvalue weighted by molar-refractivity contribution is 5.90. The quantitative estimate of drug-likeness (QED) is 0.781. The topological polar surface area (TPSA) is 107 Å². The number of anilines is 1. The van der Waals surface area contributed by atoms with E-state index in [0.717, 1.165) is 29.8 Å². The van der Waals surface area contributed by atoms with Crippen LogP contribution in [-0.4, -0.2) is 44.2 Å². The van der Waals surface area contributed by atoms with E-state index in [9.17, 15) is 9.59 Å². The summed E-state index contributed by atoms with van der Waals surface area (Å²) in [6.45, 7) is 5.08. The van der Waals surface area contributed by atoms with Crippen molar-refractivity contribution in [3.05, 3.63) is 39.8 Å². The number of likely N-dealkylation sites (tertiary alicyclic amines) is 1. The van der Waals surface area contributed by atoms with Crippen LogP contribution in [0.25, 0.3) is 0 Å². The predicted octanol–water partition coefficient (Wildman–Crippen LogP) is 1.52. The molecular formula is C15H20N6O2. The van der Waals surface area contributed by atoms with Gasteiger partial charge in [-0.15, -0.1) is 0 Å². The standard InChI is InChI=1S/C15H20N6O2/c1-9-8-16-10(2)7-12(9)17-15(23)21-5-3-11(4-6-21)13-18-14(22)20-19-13/h7-8,11H,3-6H2,1-2H3,(H,16,17,23)(H2,18,19,20,22). The van der Waals surface area contributed by atoms with Crippen LogP contribution in [0.2, 0.25) is 0 Å². The van der Waals surface area contributed by atoms with E-state index in [1.165, 1.54) is 0 Å². The second-order valence-corrected chi connectivity index (χ2v) is 5.90. The van der Waals surface area contributed by atoms with Gasteiger partial charge in [-0.3, -0.25) is 9.97 Å². The Balaban J connectivity index is 1.60. The van der Waals surface area contributed by atoms with Gasteiger partial charge in [-0.25, -0.2) is 14.7 Å². The number of rotatable bonds is 2. The largest absolute Gasteiger partial charge is 0.340 e. The lowest BCUT2D eigenvalue weighted by Gasteiger charge is -2.31. The normalized spacial score (nSPS) is 15.7. The van der Waals surface area contributed by atoms with Gasteiger partial charge in [0.2, 0.25) is 0 Å². The number of pyridine rings is 1. The number of H-pyrrole nitrogens is 2. The molecule has 1 aliphatic rings. The van der Waals surface area contributed by atoms with E-state index in [1.807, 2.05) is 19.9 Å². The molecule has 2 aromatic heterocycles. The van der Waals surface area contributed by atoms with Crippen LogP contribution >= 0.6 is 0 Å². The van der Waals surface area contributed by atoms with Gasteiger partial charge in [0.15, 0.2) is 0 Å². The molecule has 0 spiro atoms. The Labute approximate surface area is 133 Å². The summed E-state index contributed by atoms with van der Waals surface area (Å²) in [5, 5.41) is 9.31. The first kappa shape index (κ1) is 15.3. The van der Waals surface area contributed by atoms with Gasteiger partial charge in [-0.2, -0.15) is 5.10 Å². The molecule has 8 nitrogen and oxygen atoms in total. The fraction of sp³-hybridized carbons (Fsp3) is 0.467. The third-order valence-electron chi connectivity index (χ3n) is 4.17. The van der Waals surface area contributed by atoms with E-state index in [1.54, 1.807) is 11.1 Å². The summed E-state index contributed by atoms with van der Waals surface area (Å²) in [6.07, 6.45) is 3.32. The molecule has 3 rings (SSSR count). The van der Waals surface area contributed by atoms with Crippen LogP contribution in [0, 0.1) is 13.8 Å². The number of aromatic amines is 2. The van der Waals surface area contributed by atoms with Gasteiger partial charge in [0.25, 0.3) is 0 Å². The molecule has 8 heteroatoms. The van der Waals surface area contributed by atoms with Crippen molar-refractivity contribution in [2.75, 3.05) is 18.4 Å². The third-order valence-corrected chi connectivity index (χ3v) is 4.17. The van der Waals surface area contributed by atoms with Crippen LogP contribution in [-0.2, 0) is 0 Å². The summed E-state index contributed by atoms with van der Waals surface area (Å²) >= 11 is 0. The molecule has 2 amide bonds. The lowest BCUT2D eigenvalue weighted by molar-refractivity contribution is 0.193. The number of aromatic nitrogens is 4. The van der Waals surface area contributed by atoms with Gasteiger partial charge in [-0.05, 0) is 38.3 Å². The molecule has 122 valence electrons. The summed E-state index contributed by atoms with van der Waals surface area (Å²) in [5.41, 5.74) is 2.31. The number of hydrogen-bond donors (Lipinski definition) is 3. The summed E-state index contributed by atoms with van der Waals surface area (Å²) in [4.78, 5) is 32.2. The molecule has 3 heterocycles. The van der Waals surface area contributed by atoms with Crippen LogP contribution in [0.5, 0.6) is 0 Å². The fourth-order valence-corrected chi connectivity index (χ4v) is 2.79. The van der Waals surface area contributed by atoms with Crippen molar-refractivity contribution < 1.29 is 4.79 Å². The number of aryl methyl sites for hydroxylation is 2. The van der Waals surface area contributed by atoms with Crippen molar-refractivity contribution in [1.82, 2.24) is 25.1 Å². The summed E-state index contributed by atoms with van der Waals surface area (Å²) in [6, 6.07) is 1.77. The first-order valence-corrected chi connectivity index (χ1v) is 7.66. The van der Waals surface area contributed by atoms with Crippen molar-refractivity contribution >= 4 is 11.7 Å². The van der Waals surface area contributed by atoms with Gasteiger partial charge in [0, 0.05) is 36.6 Å². The summed E-state index contributed by atoms with van der Waals surface area (Å²) in [7, 11) is 0. The third kappa shape index (κ3) is 3.41. The smallest absolute Gasteiger partial charge is 0.324 e. The second kappa shape index (κ2) is 6.23. The van der Waals surface area contributed by atoms with Gasteiger partial charge in [0.05, 0.1) is 0 Å². The van der Waals surface area contributed by atoms with E-state index in [-0.39, 0.29) is 17.6 Å². The fourth-order valence-electron chi connectivity index (χ4n) is 2.79. The van der Waals surface area contributed by atoms with E-state index in [2.05, 4.69) is 25.5 Å². The number of carbonyl (C=O) groups is 1. The SMILES string of the molecule is Cc1cc(NC(=O)N2CCC(c3n[nH]c(=O)[nH]3)CC2)c(C)cn1. The lowest BCUT2D eigenvalue weighted by atomic mass is 9.96. The number of amides is 2.